The molecule has 1 fully saturated rings. The fourth-order valence-electron chi connectivity index (χ4n) is 3.88. The lowest BCUT2D eigenvalue weighted by Crippen LogP contribution is -2.37. The number of hydrogen-bond acceptors (Lipinski definition) is 4. The van der Waals surface area contributed by atoms with Crippen molar-refractivity contribution in [2.24, 2.45) is 0 Å². The normalized spacial score (nSPS) is 13.8. The molecule has 1 amide bonds. The molecular weight excluding hydrogens is 442 g/mol. The first-order chi connectivity index (χ1) is 14.5. The van der Waals surface area contributed by atoms with Crippen molar-refractivity contribution in [1.29, 1.82) is 0 Å². The molecule has 6 heteroatoms. The fraction of sp³-hybridized carbons (Fsp3) is 0.333. The minimum absolute atomic E-state index is 0.00103. The van der Waals surface area contributed by atoms with Crippen LogP contribution in [-0.4, -0.2) is 35.1 Å². The minimum atomic E-state index is -0.00103. The lowest BCUT2D eigenvalue weighted by molar-refractivity contribution is 0.0690. The average molecular weight is 468 g/mol. The van der Waals surface area contributed by atoms with Crippen molar-refractivity contribution in [3.63, 3.8) is 0 Å². The van der Waals surface area contributed by atoms with Gasteiger partial charge in [-0.3, -0.25) is 4.79 Å². The molecule has 1 aliphatic heterocycles. The topological polar surface area (TPSA) is 49.6 Å². The Balaban J connectivity index is 1.73. The SMILES string of the molecule is CC(C)N(Cc1c(-c2ccccc2)noc1N1CCCC1)C(=O)c1cccc(Br)c1. The first-order valence-electron chi connectivity index (χ1n) is 10.4. The highest BCUT2D eigenvalue weighted by Crippen LogP contribution is 2.34. The summed E-state index contributed by atoms with van der Waals surface area (Å²) in [6.45, 7) is 6.44. The van der Waals surface area contributed by atoms with Crippen molar-refractivity contribution >= 4 is 27.7 Å². The summed E-state index contributed by atoms with van der Waals surface area (Å²) in [5.74, 6) is 0.790. The number of halogens is 1. The lowest BCUT2D eigenvalue weighted by Gasteiger charge is -2.28. The van der Waals surface area contributed by atoms with Gasteiger partial charge >= 0.3 is 0 Å². The smallest absolute Gasteiger partial charge is 0.254 e. The molecule has 5 nitrogen and oxygen atoms in total. The van der Waals surface area contributed by atoms with Gasteiger partial charge in [0.15, 0.2) is 0 Å². The van der Waals surface area contributed by atoms with Crippen LogP contribution in [0, 0.1) is 0 Å². The summed E-state index contributed by atoms with van der Waals surface area (Å²) >= 11 is 3.47. The highest BCUT2D eigenvalue weighted by atomic mass is 79.9. The van der Waals surface area contributed by atoms with Crippen molar-refractivity contribution in [1.82, 2.24) is 10.1 Å². The second kappa shape index (κ2) is 9.04. The fourth-order valence-corrected chi connectivity index (χ4v) is 4.28. The van der Waals surface area contributed by atoms with Gasteiger partial charge in [-0.05, 0) is 44.9 Å². The summed E-state index contributed by atoms with van der Waals surface area (Å²) in [5, 5.41) is 4.43. The van der Waals surface area contributed by atoms with Gasteiger partial charge < -0.3 is 14.3 Å². The van der Waals surface area contributed by atoms with E-state index in [1.54, 1.807) is 0 Å². The third kappa shape index (κ3) is 4.29. The quantitative estimate of drug-likeness (QED) is 0.462. The minimum Gasteiger partial charge on any atom is -0.340 e. The van der Waals surface area contributed by atoms with Crippen LogP contribution in [0.4, 0.5) is 5.88 Å². The molecular formula is C24H26BrN3O2. The zero-order chi connectivity index (χ0) is 21.1. The number of benzene rings is 2. The maximum atomic E-state index is 13.4. The molecule has 0 spiro atoms. The van der Waals surface area contributed by atoms with Crippen molar-refractivity contribution in [3.05, 3.63) is 70.2 Å². The number of amides is 1. The standard InChI is InChI=1S/C24H26BrN3O2/c1-17(2)28(23(29)19-11-8-12-20(25)15-19)16-21-22(18-9-4-3-5-10-18)26-30-24(21)27-13-6-7-14-27/h3-5,8-12,15,17H,6-7,13-14,16H2,1-2H3. The van der Waals surface area contributed by atoms with Gasteiger partial charge in [-0.1, -0.05) is 57.5 Å². The molecule has 0 N–H and O–H groups in total. The molecule has 2 heterocycles. The number of nitrogens with zero attached hydrogens (tertiary/aromatic N) is 3. The maximum Gasteiger partial charge on any atom is 0.254 e. The number of carbonyl (C=O) groups excluding carboxylic acids is 1. The van der Waals surface area contributed by atoms with Gasteiger partial charge in [0.1, 0.15) is 5.69 Å². The van der Waals surface area contributed by atoms with Crippen LogP contribution in [0.1, 0.15) is 42.6 Å². The van der Waals surface area contributed by atoms with Gasteiger partial charge in [0, 0.05) is 34.7 Å². The van der Waals surface area contributed by atoms with E-state index in [1.165, 1.54) is 0 Å². The molecule has 30 heavy (non-hydrogen) atoms. The van der Waals surface area contributed by atoms with Crippen LogP contribution in [-0.2, 0) is 6.54 Å². The van der Waals surface area contributed by atoms with Crippen molar-refractivity contribution < 1.29 is 9.32 Å². The zero-order valence-electron chi connectivity index (χ0n) is 17.3. The molecule has 1 saturated heterocycles. The molecule has 156 valence electrons. The largest absolute Gasteiger partial charge is 0.340 e. The van der Waals surface area contributed by atoms with E-state index in [0.717, 1.165) is 53.1 Å². The Morgan fingerprint density at radius 2 is 1.87 bits per heavy atom. The van der Waals surface area contributed by atoms with E-state index in [-0.39, 0.29) is 11.9 Å². The third-order valence-corrected chi connectivity index (χ3v) is 5.99. The Hall–Kier alpha value is -2.60. The van der Waals surface area contributed by atoms with E-state index in [2.05, 4.69) is 26.0 Å². The van der Waals surface area contributed by atoms with Gasteiger partial charge in [-0.25, -0.2) is 0 Å². The highest BCUT2D eigenvalue weighted by Gasteiger charge is 2.29. The summed E-state index contributed by atoms with van der Waals surface area (Å²) in [4.78, 5) is 17.5. The second-order valence-corrected chi connectivity index (χ2v) is 8.83. The van der Waals surface area contributed by atoms with Crippen molar-refractivity contribution in [2.45, 2.75) is 39.3 Å². The van der Waals surface area contributed by atoms with Crippen LogP contribution in [0.2, 0.25) is 0 Å². The molecule has 0 unspecified atom stereocenters. The van der Waals surface area contributed by atoms with Crippen LogP contribution in [0.3, 0.4) is 0 Å². The Morgan fingerprint density at radius 1 is 1.13 bits per heavy atom. The van der Waals surface area contributed by atoms with Crippen LogP contribution in [0.15, 0.2) is 63.6 Å². The molecule has 0 atom stereocenters. The van der Waals surface area contributed by atoms with Gasteiger partial charge in [0.2, 0.25) is 5.88 Å². The number of anilines is 1. The summed E-state index contributed by atoms with van der Waals surface area (Å²) in [6, 6.07) is 17.6. The summed E-state index contributed by atoms with van der Waals surface area (Å²) in [6.07, 6.45) is 2.29. The molecule has 0 radical (unpaired) electrons. The molecule has 0 saturated carbocycles. The van der Waals surface area contributed by atoms with Crippen molar-refractivity contribution in [3.8, 4) is 11.3 Å². The Bertz CT molecular complexity index is 1010. The van der Waals surface area contributed by atoms with Gasteiger partial charge in [-0.15, -0.1) is 0 Å². The molecule has 0 bridgehead atoms. The number of aromatic nitrogens is 1. The highest BCUT2D eigenvalue weighted by molar-refractivity contribution is 9.10. The maximum absolute atomic E-state index is 13.4. The van der Waals surface area contributed by atoms with E-state index < -0.39 is 0 Å². The first kappa shape index (κ1) is 20.7. The molecule has 2 aromatic carbocycles. The Morgan fingerprint density at radius 3 is 2.53 bits per heavy atom. The molecule has 1 aliphatic rings. The predicted octanol–water partition coefficient (Wildman–Crippen LogP) is 5.76. The van der Waals surface area contributed by atoms with Crippen molar-refractivity contribution in [2.75, 3.05) is 18.0 Å². The Kier molecular flexibility index (Phi) is 6.23. The molecule has 1 aromatic heterocycles. The van der Waals surface area contributed by atoms with Crippen LogP contribution >= 0.6 is 15.9 Å². The van der Waals surface area contributed by atoms with E-state index in [1.807, 2.05) is 73.3 Å². The number of hydrogen-bond donors (Lipinski definition) is 0. The Labute approximate surface area is 185 Å². The summed E-state index contributed by atoms with van der Waals surface area (Å²) < 4.78 is 6.74. The number of rotatable bonds is 6. The van der Waals surface area contributed by atoms with Gasteiger partial charge in [0.05, 0.1) is 12.1 Å². The molecule has 3 aromatic rings. The van der Waals surface area contributed by atoms with Gasteiger partial charge in [0.25, 0.3) is 5.91 Å². The monoisotopic (exact) mass is 467 g/mol. The summed E-state index contributed by atoms with van der Waals surface area (Å²) in [7, 11) is 0. The first-order valence-corrected chi connectivity index (χ1v) is 11.2. The van der Waals surface area contributed by atoms with E-state index in [9.17, 15) is 4.79 Å². The zero-order valence-corrected chi connectivity index (χ0v) is 18.9. The number of carbonyl (C=O) groups is 1. The lowest BCUT2D eigenvalue weighted by atomic mass is 10.1. The van der Waals surface area contributed by atoms with Crippen LogP contribution < -0.4 is 4.90 Å². The average Bonchev–Trinajstić information content (AvgIpc) is 3.41. The molecule has 4 rings (SSSR count). The third-order valence-electron chi connectivity index (χ3n) is 5.49. The van der Waals surface area contributed by atoms with E-state index in [0.29, 0.717) is 12.1 Å². The predicted molar refractivity (Wildman–Crippen MR) is 123 cm³/mol. The second-order valence-electron chi connectivity index (χ2n) is 7.91. The molecule has 0 aliphatic carbocycles. The van der Waals surface area contributed by atoms with E-state index in [4.69, 9.17) is 4.52 Å². The van der Waals surface area contributed by atoms with Crippen LogP contribution in [0.5, 0.6) is 0 Å². The van der Waals surface area contributed by atoms with Crippen LogP contribution in [0.25, 0.3) is 11.3 Å². The summed E-state index contributed by atoms with van der Waals surface area (Å²) in [5.41, 5.74) is 3.45. The van der Waals surface area contributed by atoms with E-state index >= 15 is 0 Å². The van der Waals surface area contributed by atoms with Gasteiger partial charge in [-0.2, -0.15) is 0 Å².